The molecule has 0 aliphatic heterocycles. The minimum Gasteiger partial charge on any atom is -0.488 e. The van der Waals surface area contributed by atoms with E-state index < -0.39 is 5.60 Å². The van der Waals surface area contributed by atoms with Gasteiger partial charge in [-0.15, -0.1) is 0 Å². The lowest BCUT2D eigenvalue weighted by Gasteiger charge is -2.31. The van der Waals surface area contributed by atoms with Crippen molar-refractivity contribution >= 4 is 22.5 Å². The summed E-state index contributed by atoms with van der Waals surface area (Å²) in [5.41, 5.74) is 0.0540. The standard InChI is InChI=1S/C16H18ClNO2/c17-13-6-7-14(15-12(13)5-4-10-18-15)20-11-16(19)8-2-1-3-9-16/h4-7,10,19H,1-3,8-9,11H2. The van der Waals surface area contributed by atoms with Gasteiger partial charge in [-0.3, -0.25) is 4.98 Å². The van der Waals surface area contributed by atoms with Gasteiger partial charge in [0.1, 0.15) is 17.9 Å². The molecule has 0 saturated heterocycles. The highest BCUT2D eigenvalue weighted by Crippen LogP contribution is 2.32. The van der Waals surface area contributed by atoms with Gasteiger partial charge in [-0.25, -0.2) is 0 Å². The number of benzene rings is 1. The van der Waals surface area contributed by atoms with Gasteiger partial charge in [0.2, 0.25) is 0 Å². The Morgan fingerprint density at radius 1 is 1.20 bits per heavy atom. The minimum atomic E-state index is -0.695. The molecular weight excluding hydrogens is 274 g/mol. The molecule has 0 radical (unpaired) electrons. The van der Waals surface area contributed by atoms with Crippen molar-refractivity contribution in [2.75, 3.05) is 6.61 Å². The monoisotopic (exact) mass is 291 g/mol. The van der Waals surface area contributed by atoms with Crippen LogP contribution < -0.4 is 4.74 Å². The van der Waals surface area contributed by atoms with Crippen LogP contribution in [0.25, 0.3) is 10.9 Å². The normalized spacial score (nSPS) is 18.1. The summed E-state index contributed by atoms with van der Waals surface area (Å²) in [5.74, 6) is 0.684. The molecular formula is C16H18ClNO2. The zero-order valence-corrected chi connectivity index (χ0v) is 12.1. The molecule has 1 fully saturated rings. The second kappa shape index (κ2) is 5.58. The van der Waals surface area contributed by atoms with Crippen LogP contribution in [0.3, 0.4) is 0 Å². The Kier molecular flexibility index (Phi) is 3.81. The molecule has 0 spiro atoms. The Morgan fingerprint density at radius 3 is 2.80 bits per heavy atom. The molecule has 106 valence electrons. The molecule has 1 aromatic heterocycles. The lowest BCUT2D eigenvalue weighted by Crippen LogP contribution is -2.37. The van der Waals surface area contributed by atoms with Crippen molar-refractivity contribution in [2.24, 2.45) is 0 Å². The molecule has 0 atom stereocenters. The summed E-state index contributed by atoms with van der Waals surface area (Å²) >= 11 is 6.16. The Morgan fingerprint density at radius 2 is 2.00 bits per heavy atom. The second-order valence-corrected chi connectivity index (χ2v) is 5.93. The van der Waals surface area contributed by atoms with E-state index in [1.165, 1.54) is 6.42 Å². The average Bonchev–Trinajstić information content (AvgIpc) is 2.48. The van der Waals surface area contributed by atoms with E-state index in [0.717, 1.165) is 36.6 Å². The van der Waals surface area contributed by atoms with Crippen LogP contribution in [0.1, 0.15) is 32.1 Å². The van der Waals surface area contributed by atoms with Crippen molar-refractivity contribution in [3.05, 3.63) is 35.5 Å². The van der Waals surface area contributed by atoms with Gasteiger partial charge < -0.3 is 9.84 Å². The molecule has 0 amide bonds. The summed E-state index contributed by atoms with van der Waals surface area (Å²) in [5, 5.41) is 12.0. The number of ether oxygens (including phenoxy) is 1. The number of fused-ring (bicyclic) bond motifs is 1. The molecule has 0 unspecified atom stereocenters. The SMILES string of the molecule is OC1(COc2ccc(Cl)c3cccnc23)CCCCC1. The molecule has 1 aromatic carbocycles. The van der Waals surface area contributed by atoms with Crippen LogP contribution in [0.15, 0.2) is 30.5 Å². The topological polar surface area (TPSA) is 42.4 Å². The van der Waals surface area contributed by atoms with Crippen LogP contribution in [-0.4, -0.2) is 22.3 Å². The smallest absolute Gasteiger partial charge is 0.145 e. The molecule has 1 heterocycles. The second-order valence-electron chi connectivity index (χ2n) is 5.52. The van der Waals surface area contributed by atoms with Gasteiger partial charge >= 0.3 is 0 Å². The molecule has 4 heteroatoms. The maximum atomic E-state index is 10.5. The molecule has 1 aliphatic rings. The number of aromatic nitrogens is 1. The Balaban J connectivity index is 1.82. The van der Waals surface area contributed by atoms with E-state index in [1.54, 1.807) is 6.20 Å². The fraction of sp³-hybridized carbons (Fsp3) is 0.438. The quantitative estimate of drug-likeness (QED) is 0.930. The molecule has 1 aliphatic carbocycles. The van der Waals surface area contributed by atoms with Gasteiger partial charge in [-0.1, -0.05) is 30.9 Å². The van der Waals surface area contributed by atoms with Gasteiger partial charge in [0, 0.05) is 11.6 Å². The van der Waals surface area contributed by atoms with Gasteiger partial charge in [0.05, 0.1) is 10.6 Å². The number of halogens is 1. The van der Waals surface area contributed by atoms with E-state index in [1.807, 2.05) is 24.3 Å². The summed E-state index contributed by atoms with van der Waals surface area (Å²) in [6.45, 7) is 0.320. The highest BCUT2D eigenvalue weighted by Gasteiger charge is 2.30. The van der Waals surface area contributed by atoms with E-state index in [2.05, 4.69) is 4.98 Å². The molecule has 2 aromatic rings. The third kappa shape index (κ3) is 2.74. The summed E-state index contributed by atoms with van der Waals surface area (Å²) in [7, 11) is 0. The molecule has 1 N–H and O–H groups in total. The summed E-state index contributed by atoms with van der Waals surface area (Å²) in [6.07, 6.45) is 6.69. The Hall–Kier alpha value is -1.32. The molecule has 1 saturated carbocycles. The van der Waals surface area contributed by atoms with Crippen molar-refractivity contribution < 1.29 is 9.84 Å². The predicted octanol–water partition coefficient (Wildman–Crippen LogP) is 3.96. The van der Waals surface area contributed by atoms with Crippen molar-refractivity contribution in [1.82, 2.24) is 4.98 Å². The van der Waals surface area contributed by atoms with Crippen LogP contribution in [0.5, 0.6) is 5.75 Å². The van der Waals surface area contributed by atoms with Gasteiger partial charge in [-0.05, 0) is 37.1 Å². The first-order chi connectivity index (χ1) is 9.68. The Bertz CT molecular complexity index is 608. The van der Waals surface area contributed by atoms with E-state index in [0.29, 0.717) is 17.4 Å². The highest BCUT2D eigenvalue weighted by atomic mass is 35.5. The van der Waals surface area contributed by atoms with Crippen LogP contribution >= 0.6 is 11.6 Å². The number of nitrogens with zero attached hydrogens (tertiary/aromatic N) is 1. The number of hydrogen-bond donors (Lipinski definition) is 1. The van der Waals surface area contributed by atoms with Crippen molar-refractivity contribution in [3.8, 4) is 5.75 Å². The lowest BCUT2D eigenvalue weighted by atomic mass is 9.85. The third-order valence-electron chi connectivity index (χ3n) is 3.96. The van der Waals surface area contributed by atoms with Crippen molar-refractivity contribution in [1.29, 1.82) is 0 Å². The summed E-state index contributed by atoms with van der Waals surface area (Å²) in [4.78, 5) is 4.34. The fourth-order valence-electron chi connectivity index (χ4n) is 2.79. The van der Waals surface area contributed by atoms with Crippen LogP contribution in [0.2, 0.25) is 5.02 Å². The Labute approximate surface area is 123 Å². The van der Waals surface area contributed by atoms with Gasteiger partial charge in [0.15, 0.2) is 0 Å². The zero-order valence-electron chi connectivity index (χ0n) is 11.3. The summed E-state index contributed by atoms with van der Waals surface area (Å²) in [6, 6.07) is 7.41. The van der Waals surface area contributed by atoms with E-state index in [4.69, 9.17) is 16.3 Å². The molecule has 3 rings (SSSR count). The average molecular weight is 292 g/mol. The van der Waals surface area contributed by atoms with Crippen LogP contribution in [0, 0.1) is 0 Å². The first-order valence-electron chi connectivity index (χ1n) is 7.06. The highest BCUT2D eigenvalue weighted by molar-refractivity contribution is 6.35. The third-order valence-corrected chi connectivity index (χ3v) is 4.29. The first kappa shape index (κ1) is 13.7. The maximum Gasteiger partial charge on any atom is 0.145 e. The predicted molar refractivity (Wildman–Crippen MR) is 80.3 cm³/mol. The molecule has 3 nitrogen and oxygen atoms in total. The fourth-order valence-corrected chi connectivity index (χ4v) is 3.01. The first-order valence-corrected chi connectivity index (χ1v) is 7.44. The summed E-state index contributed by atoms with van der Waals surface area (Å²) < 4.78 is 5.85. The van der Waals surface area contributed by atoms with E-state index in [9.17, 15) is 5.11 Å². The lowest BCUT2D eigenvalue weighted by molar-refractivity contribution is -0.0335. The van der Waals surface area contributed by atoms with E-state index >= 15 is 0 Å². The van der Waals surface area contributed by atoms with E-state index in [-0.39, 0.29) is 0 Å². The number of hydrogen-bond acceptors (Lipinski definition) is 3. The van der Waals surface area contributed by atoms with Crippen LogP contribution in [0.4, 0.5) is 0 Å². The van der Waals surface area contributed by atoms with Gasteiger partial charge in [0.25, 0.3) is 0 Å². The zero-order chi connectivity index (χ0) is 14.0. The maximum absolute atomic E-state index is 10.5. The van der Waals surface area contributed by atoms with Gasteiger partial charge in [-0.2, -0.15) is 0 Å². The number of aliphatic hydroxyl groups is 1. The van der Waals surface area contributed by atoms with Crippen molar-refractivity contribution in [3.63, 3.8) is 0 Å². The minimum absolute atomic E-state index is 0.320. The molecule has 20 heavy (non-hydrogen) atoms. The number of pyridine rings is 1. The molecule has 0 bridgehead atoms. The number of rotatable bonds is 3. The van der Waals surface area contributed by atoms with Crippen molar-refractivity contribution in [2.45, 2.75) is 37.7 Å². The van der Waals surface area contributed by atoms with Crippen LogP contribution in [-0.2, 0) is 0 Å². The largest absolute Gasteiger partial charge is 0.488 e.